The maximum absolute atomic E-state index is 10.3. The minimum absolute atomic E-state index is 0.532. The summed E-state index contributed by atoms with van der Waals surface area (Å²) in [5.41, 5.74) is 6.96. The highest BCUT2D eigenvalue weighted by atomic mass is 16.1. The molecule has 0 radical (unpaired) electrons. The highest BCUT2D eigenvalue weighted by molar-refractivity contribution is 5.54. The molecular formula is C14H22N2O. The number of nitrogens with zero attached hydrogens (tertiary/aromatic N) is 1. The van der Waals surface area contributed by atoms with Crippen molar-refractivity contribution in [3.8, 4) is 0 Å². The van der Waals surface area contributed by atoms with Crippen LogP contribution in [0.2, 0.25) is 0 Å². The van der Waals surface area contributed by atoms with Gasteiger partial charge in [0, 0.05) is 13.0 Å². The van der Waals surface area contributed by atoms with Gasteiger partial charge in [-0.15, -0.1) is 0 Å². The second-order valence-corrected chi connectivity index (χ2v) is 4.17. The average molecular weight is 234 g/mol. The molecule has 1 aromatic carbocycles. The first-order chi connectivity index (χ1) is 8.38. The molecule has 2 N–H and O–H groups in total. The van der Waals surface area contributed by atoms with Crippen LogP contribution in [0.4, 0.5) is 0 Å². The fourth-order valence-electron chi connectivity index (χ4n) is 2.08. The molecule has 94 valence electrons. The highest BCUT2D eigenvalue weighted by Gasteiger charge is 2.11. The summed E-state index contributed by atoms with van der Waals surface area (Å²) in [5, 5.41) is 0. The number of rotatable bonds is 4. The Kier molecular flexibility index (Phi) is 6.51. The Bertz CT molecular complexity index is 315. The van der Waals surface area contributed by atoms with Crippen molar-refractivity contribution in [2.24, 2.45) is 5.73 Å². The predicted octanol–water partition coefficient (Wildman–Crippen LogP) is 1.60. The molecule has 0 amide bonds. The molecule has 3 heteroatoms. The number of hydrogen-bond acceptors (Lipinski definition) is 3. The molecule has 0 spiro atoms. The van der Waals surface area contributed by atoms with Crippen LogP contribution in [0.3, 0.4) is 0 Å². The van der Waals surface area contributed by atoms with E-state index in [0.717, 1.165) is 18.4 Å². The van der Waals surface area contributed by atoms with E-state index in [4.69, 9.17) is 0 Å². The van der Waals surface area contributed by atoms with E-state index >= 15 is 0 Å². The van der Waals surface area contributed by atoms with Gasteiger partial charge in [0.25, 0.3) is 0 Å². The third kappa shape index (κ3) is 4.67. The van der Waals surface area contributed by atoms with Crippen LogP contribution in [0.25, 0.3) is 0 Å². The van der Waals surface area contributed by atoms with Crippen molar-refractivity contribution in [1.82, 2.24) is 4.90 Å². The Labute approximate surface area is 104 Å². The molecule has 1 aromatic rings. The maximum atomic E-state index is 10.3. The minimum atomic E-state index is 0.532. The average Bonchev–Trinajstić information content (AvgIpc) is 2.87. The summed E-state index contributed by atoms with van der Waals surface area (Å²) in [4.78, 5) is 12.8. The van der Waals surface area contributed by atoms with Gasteiger partial charge in [0.05, 0.1) is 0 Å². The fourth-order valence-corrected chi connectivity index (χ4v) is 2.08. The molecule has 2 rings (SSSR count). The summed E-state index contributed by atoms with van der Waals surface area (Å²) in [7, 11) is 1.50. The zero-order valence-corrected chi connectivity index (χ0v) is 10.6. The molecule has 3 nitrogen and oxygen atoms in total. The summed E-state index contributed by atoms with van der Waals surface area (Å²) >= 11 is 0. The van der Waals surface area contributed by atoms with E-state index in [1.807, 2.05) is 0 Å². The minimum Gasteiger partial charge on any atom is -0.333 e. The second kappa shape index (κ2) is 7.98. The van der Waals surface area contributed by atoms with E-state index in [-0.39, 0.29) is 0 Å². The topological polar surface area (TPSA) is 46.3 Å². The zero-order valence-electron chi connectivity index (χ0n) is 10.6. The smallest absolute Gasteiger partial charge is 0.124 e. The van der Waals surface area contributed by atoms with Gasteiger partial charge in [-0.1, -0.05) is 24.3 Å². The van der Waals surface area contributed by atoms with Crippen molar-refractivity contribution < 1.29 is 4.79 Å². The van der Waals surface area contributed by atoms with Gasteiger partial charge in [-0.2, -0.15) is 0 Å². The quantitative estimate of drug-likeness (QED) is 0.805. The lowest BCUT2D eigenvalue weighted by molar-refractivity contribution is -0.107. The zero-order chi connectivity index (χ0) is 12.5. The first kappa shape index (κ1) is 13.9. The van der Waals surface area contributed by atoms with Crippen molar-refractivity contribution >= 4 is 6.29 Å². The van der Waals surface area contributed by atoms with Crippen LogP contribution in [0.5, 0.6) is 0 Å². The molecule has 0 aromatic heterocycles. The van der Waals surface area contributed by atoms with Crippen molar-refractivity contribution in [3.05, 3.63) is 35.4 Å². The Balaban J connectivity index is 0.000000686. The number of nitrogens with two attached hydrogens (primary N) is 1. The molecule has 0 bridgehead atoms. The lowest BCUT2D eigenvalue weighted by Gasteiger charge is -2.14. The molecule has 0 atom stereocenters. The van der Waals surface area contributed by atoms with E-state index in [1.165, 1.54) is 38.5 Å². The molecule has 1 fully saturated rings. The lowest BCUT2D eigenvalue weighted by Crippen LogP contribution is -2.18. The molecule has 1 aliphatic heterocycles. The van der Waals surface area contributed by atoms with Crippen LogP contribution >= 0.6 is 0 Å². The van der Waals surface area contributed by atoms with E-state index < -0.39 is 0 Å². The van der Waals surface area contributed by atoms with E-state index in [9.17, 15) is 4.79 Å². The summed E-state index contributed by atoms with van der Waals surface area (Å²) in [6.07, 6.45) is 4.16. The largest absolute Gasteiger partial charge is 0.333 e. The van der Waals surface area contributed by atoms with Gasteiger partial charge in [-0.25, -0.2) is 0 Å². The molecule has 0 unspecified atom stereocenters. The fraction of sp³-hybridized carbons (Fsp3) is 0.500. The SMILES string of the molecule is CN.O=CCc1ccc(CN2CCCC2)cc1. The van der Waals surface area contributed by atoms with E-state index in [1.54, 1.807) is 0 Å². The summed E-state index contributed by atoms with van der Waals surface area (Å²) in [6.45, 7) is 3.52. The third-order valence-electron chi connectivity index (χ3n) is 2.95. The monoisotopic (exact) mass is 234 g/mol. The van der Waals surface area contributed by atoms with Crippen molar-refractivity contribution in [1.29, 1.82) is 0 Å². The number of carbonyl (C=O) groups excluding carboxylic acids is 1. The van der Waals surface area contributed by atoms with Gasteiger partial charge < -0.3 is 10.5 Å². The number of benzene rings is 1. The molecular weight excluding hydrogens is 212 g/mol. The maximum Gasteiger partial charge on any atom is 0.124 e. The normalized spacial score (nSPS) is 15.2. The van der Waals surface area contributed by atoms with E-state index in [2.05, 4.69) is 34.9 Å². The van der Waals surface area contributed by atoms with Crippen LogP contribution in [0.1, 0.15) is 24.0 Å². The van der Waals surface area contributed by atoms with Gasteiger partial charge >= 0.3 is 0 Å². The molecule has 1 saturated heterocycles. The van der Waals surface area contributed by atoms with Crippen LogP contribution in [0, 0.1) is 0 Å². The lowest BCUT2D eigenvalue weighted by atomic mass is 10.1. The number of likely N-dealkylation sites (tertiary alicyclic amines) is 1. The van der Waals surface area contributed by atoms with Gasteiger partial charge in [0.2, 0.25) is 0 Å². The van der Waals surface area contributed by atoms with Gasteiger partial charge in [0.15, 0.2) is 0 Å². The van der Waals surface area contributed by atoms with Gasteiger partial charge in [-0.05, 0) is 44.1 Å². The highest BCUT2D eigenvalue weighted by Crippen LogP contribution is 2.13. The second-order valence-electron chi connectivity index (χ2n) is 4.17. The number of carbonyl (C=O) groups is 1. The summed E-state index contributed by atoms with van der Waals surface area (Å²) in [6, 6.07) is 8.38. The summed E-state index contributed by atoms with van der Waals surface area (Å²) < 4.78 is 0. The first-order valence-corrected chi connectivity index (χ1v) is 6.20. The van der Waals surface area contributed by atoms with Crippen molar-refractivity contribution in [3.63, 3.8) is 0 Å². The summed E-state index contributed by atoms with van der Waals surface area (Å²) in [5.74, 6) is 0. The van der Waals surface area contributed by atoms with Crippen molar-refractivity contribution in [2.75, 3.05) is 20.1 Å². The van der Waals surface area contributed by atoms with Crippen LogP contribution < -0.4 is 5.73 Å². The van der Waals surface area contributed by atoms with Crippen LogP contribution in [-0.4, -0.2) is 31.3 Å². The van der Waals surface area contributed by atoms with Crippen LogP contribution in [0.15, 0.2) is 24.3 Å². The predicted molar refractivity (Wildman–Crippen MR) is 70.8 cm³/mol. The van der Waals surface area contributed by atoms with Crippen molar-refractivity contribution in [2.45, 2.75) is 25.8 Å². The van der Waals surface area contributed by atoms with Crippen LogP contribution in [-0.2, 0) is 17.8 Å². The van der Waals surface area contributed by atoms with Gasteiger partial charge in [-0.3, -0.25) is 4.90 Å². The molecule has 1 heterocycles. The standard InChI is InChI=1S/C13H17NO.CH5N/c15-10-7-12-3-5-13(6-4-12)11-14-8-1-2-9-14;1-2/h3-6,10H,1-2,7-9,11H2;2H2,1H3. The Morgan fingerprint density at radius 2 is 1.65 bits per heavy atom. The van der Waals surface area contributed by atoms with Gasteiger partial charge in [0.1, 0.15) is 6.29 Å². The Morgan fingerprint density at radius 1 is 1.12 bits per heavy atom. The molecule has 0 saturated carbocycles. The Morgan fingerprint density at radius 3 is 2.18 bits per heavy atom. The number of hydrogen-bond donors (Lipinski definition) is 1. The molecule has 17 heavy (non-hydrogen) atoms. The number of aldehydes is 1. The molecule has 0 aliphatic carbocycles. The first-order valence-electron chi connectivity index (χ1n) is 6.20. The Hall–Kier alpha value is -1.19. The molecule has 1 aliphatic rings. The third-order valence-corrected chi connectivity index (χ3v) is 2.95. The van der Waals surface area contributed by atoms with E-state index in [0.29, 0.717) is 6.42 Å².